The van der Waals surface area contributed by atoms with Crippen molar-refractivity contribution in [2.75, 3.05) is 13.2 Å². The second-order valence-corrected chi connectivity index (χ2v) is 6.40. The summed E-state index contributed by atoms with van der Waals surface area (Å²) in [6, 6.07) is -0.510. The molecule has 0 heterocycles. The summed E-state index contributed by atoms with van der Waals surface area (Å²) < 4.78 is 37.8. The fourth-order valence-corrected chi connectivity index (χ4v) is 2.27. The second-order valence-electron chi connectivity index (χ2n) is 6.40. The van der Waals surface area contributed by atoms with Gasteiger partial charge in [-0.05, 0) is 34.9 Å². The molecule has 2 nitrogen and oxygen atoms in total. The fraction of sp³-hybridized carbons (Fsp3) is 0.625. The van der Waals surface area contributed by atoms with Crippen LogP contribution >= 0.6 is 0 Å². The van der Waals surface area contributed by atoms with Gasteiger partial charge in [0.1, 0.15) is 12.4 Å². The van der Waals surface area contributed by atoms with Gasteiger partial charge in [0.05, 0.1) is 12.1 Å². The average Bonchev–Trinajstić information content (AvgIpc) is 2.33. The van der Waals surface area contributed by atoms with E-state index in [0.29, 0.717) is 5.56 Å². The Kier molecular flexibility index (Phi) is 3.15. The molecule has 1 rings (SSSR count). The Morgan fingerprint density at radius 3 is 2.11 bits per heavy atom. The van der Waals surface area contributed by atoms with Crippen LogP contribution in [0, 0.1) is 5.41 Å². The van der Waals surface area contributed by atoms with Crippen LogP contribution < -0.4 is 4.74 Å². The molecule has 0 radical (unpaired) electrons. The molecular weight excluding hydrogens is 224 g/mol. The van der Waals surface area contributed by atoms with Crippen molar-refractivity contribution in [3.63, 3.8) is 0 Å². The van der Waals surface area contributed by atoms with Crippen LogP contribution in [-0.2, 0) is 5.41 Å². The van der Waals surface area contributed by atoms with Crippen LogP contribution in [0.2, 0.25) is 0 Å². The Labute approximate surface area is 117 Å². The molecular formula is C16H26O2. The van der Waals surface area contributed by atoms with E-state index in [0.717, 1.165) is 6.42 Å². The third-order valence-corrected chi connectivity index (χ3v) is 2.59. The van der Waals surface area contributed by atoms with Crippen molar-refractivity contribution in [1.82, 2.24) is 0 Å². The van der Waals surface area contributed by atoms with Crippen molar-refractivity contribution >= 4 is 0 Å². The summed E-state index contributed by atoms with van der Waals surface area (Å²) in [5, 5.41) is 8.82. The molecule has 0 aliphatic heterocycles. The van der Waals surface area contributed by atoms with Gasteiger partial charge in [-0.3, -0.25) is 0 Å². The Balaban J connectivity index is 3.45. The van der Waals surface area contributed by atoms with E-state index in [4.69, 9.17) is 15.3 Å². The molecule has 0 aliphatic carbocycles. The molecule has 2 heteroatoms. The Morgan fingerprint density at radius 2 is 1.67 bits per heavy atom. The molecule has 0 aliphatic rings. The van der Waals surface area contributed by atoms with E-state index in [1.54, 1.807) is 0 Å². The number of aliphatic hydroxyl groups excluding tert-OH is 1. The maximum absolute atomic E-state index is 8.82. The summed E-state index contributed by atoms with van der Waals surface area (Å²) in [6.45, 7) is 9.85. The zero-order valence-corrected chi connectivity index (χ0v) is 12.0. The van der Waals surface area contributed by atoms with Gasteiger partial charge in [-0.15, -0.1) is 0 Å². The van der Waals surface area contributed by atoms with Crippen LogP contribution in [0.15, 0.2) is 24.2 Å². The second kappa shape index (κ2) is 5.75. The zero-order valence-electron chi connectivity index (χ0n) is 16.0. The average molecular weight is 254 g/mol. The van der Waals surface area contributed by atoms with E-state index in [-0.39, 0.29) is 48.5 Å². The standard InChI is InChI=1S/C16H26O2/c1-15(2,3)12-16(4,5)13-6-8-14(9-7-13)18-11-10-17/h6-9,17H,10-12H2,1-5H3/i6D,7D,8D,9D. The monoisotopic (exact) mass is 254 g/mol. The maximum Gasteiger partial charge on any atom is 0.119 e. The van der Waals surface area contributed by atoms with Gasteiger partial charge in [0.25, 0.3) is 0 Å². The largest absolute Gasteiger partial charge is 0.491 e. The van der Waals surface area contributed by atoms with E-state index in [1.807, 2.05) is 13.8 Å². The lowest BCUT2D eigenvalue weighted by Gasteiger charge is -2.33. The highest BCUT2D eigenvalue weighted by molar-refractivity contribution is 5.31. The molecule has 0 aromatic heterocycles. The summed E-state index contributed by atoms with van der Waals surface area (Å²) in [5.74, 6) is -0.0978. The molecule has 102 valence electrons. The molecule has 0 saturated heterocycles. The van der Waals surface area contributed by atoms with Crippen molar-refractivity contribution in [2.24, 2.45) is 5.41 Å². The van der Waals surface area contributed by atoms with Gasteiger partial charge in [-0.1, -0.05) is 46.7 Å². The highest BCUT2D eigenvalue weighted by Crippen LogP contribution is 2.36. The number of rotatable bonds is 5. The van der Waals surface area contributed by atoms with Crippen LogP contribution in [0.1, 0.15) is 52.1 Å². The number of aliphatic hydroxyl groups is 1. The van der Waals surface area contributed by atoms with E-state index in [1.165, 1.54) is 0 Å². The molecule has 0 bridgehead atoms. The first-order valence-electron chi connectivity index (χ1n) is 8.27. The summed E-state index contributed by atoms with van der Waals surface area (Å²) in [5.41, 5.74) is -0.0828. The van der Waals surface area contributed by atoms with Gasteiger partial charge in [0.15, 0.2) is 0 Å². The Morgan fingerprint density at radius 1 is 1.11 bits per heavy atom. The molecule has 0 atom stereocenters. The summed E-state index contributed by atoms with van der Waals surface area (Å²) in [7, 11) is 0. The van der Waals surface area contributed by atoms with Gasteiger partial charge in [0.2, 0.25) is 0 Å². The fourth-order valence-electron chi connectivity index (χ4n) is 2.27. The molecule has 0 spiro atoms. The Hall–Kier alpha value is -1.02. The number of ether oxygens (including phenoxy) is 1. The van der Waals surface area contributed by atoms with Crippen LogP contribution in [0.3, 0.4) is 0 Å². The number of hydrogen-bond donors (Lipinski definition) is 1. The minimum atomic E-state index is -0.493. The topological polar surface area (TPSA) is 29.5 Å². The molecule has 0 fully saturated rings. The van der Waals surface area contributed by atoms with Crippen molar-refractivity contribution in [3.8, 4) is 5.75 Å². The molecule has 1 N–H and O–H groups in total. The quantitative estimate of drug-likeness (QED) is 0.866. The first-order chi connectivity index (χ1) is 9.92. The molecule has 0 saturated carbocycles. The molecule has 1 aromatic rings. The lowest BCUT2D eigenvalue weighted by molar-refractivity contribution is 0.201. The SMILES string of the molecule is [2H]c1c([2H])c(C(C)(C)CC(C)(C)C)c([2H])c([2H])c1OCCO. The summed E-state index contributed by atoms with van der Waals surface area (Å²) in [4.78, 5) is 0. The first-order valence-corrected chi connectivity index (χ1v) is 6.27. The van der Waals surface area contributed by atoms with E-state index >= 15 is 0 Å². The van der Waals surface area contributed by atoms with Crippen LogP contribution in [0.5, 0.6) is 5.75 Å². The van der Waals surface area contributed by atoms with E-state index < -0.39 is 5.41 Å². The number of hydrogen-bond acceptors (Lipinski definition) is 2. The van der Waals surface area contributed by atoms with Gasteiger partial charge in [-0.25, -0.2) is 0 Å². The molecule has 18 heavy (non-hydrogen) atoms. The predicted molar refractivity (Wildman–Crippen MR) is 76.1 cm³/mol. The minimum absolute atomic E-state index is 0.00117. The zero-order chi connectivity index (χ0) is 17.3. The Bertz CT molecular complexity index is 519. The third kappa shape index (κ3) is 4.69. The molecule has 1 aromatic carbocycles. The van der Waals surface area contributed by atoms with Crippen LogP contribution in [-0.4, -0.2) is 18.3 Å². The van der Waals surface area contributed by atoms with Crippen LogP contribution in [0.25, 0.3) is 0 Å². The maximum atomic E-state index is 8.82. The molecule has 0 unspecified atom stereocenters. The van der Waals surface area contributed by atoms with Crippen molar-refractivity contribution < 1.29 is 15.3 Å². The van der Waals surface area contributed by atoms with Gasteiger partial charge < -0.3 is 9.84 Å². The van der Waals surface area contributed by atoms with Gasteiger partial charge >= 0.3 is 0 Å². The van der Waals surface area contributed by atoms with Crippen molar-refractivity contribution in [3.05, 3.63) is 29.7 Å². The van der Waals surface area contributed by atoms with Gasteiger partial charge in [-0.2, -0.15) is 0 Å². The predicted octanol–water partition coefficient (Wildman–Crippen LogP) is 3.77. The van der Waals surface area contributed by atoms with Crippen molar-refractivity contribution in [2.45, 2.75) is 46.5 Å². The normalized spacial score (nSPS) is 15.7. The third-order valence-electron chi connectivity index (χ3n) is 2.59. The molecule has 0 amide bonds. The number of benzene rings is 1. The smallest absolute Gasteiger partial charge is 0.119 e. The lowest BCUT2D eigenvalue weighted by Crippen LogP contribution is -2.24. The van der Waals surface area contributed by atoms with Gasteiger partial charge in [0, 0.05) is 0 Å². The summed E-state index contributed by atoms with van der Waals surface area (Å²) in [6.07, 6.45) is 0.730. The van der Waals surface area contributed by atoms with Crippen LogP contribution in [0.4, 0.5) is 0 Å². The minimum Gasteiger partial charge on any atom is -0.491 e. The summed E-state index contributed by atoms with van der Waals surface area (Å²) >= 11 is 0. The highest BCUT2D eigenvalue weighted by Gasteiger charge is 2.27. The van der Waals surface area contributed by atoms with Crippen molar-refractivity contribution in [1.29, 1.82) is 0 Å². The highest BCUT2D eigenvalue weighted by atomic mass is 16.5. The van der Waals surface area contributed by atoms with E-state index in [2.05, 4.69) is 20.8 Å². The lowest BCUT2D eigenvalue weighted by atomic mass is 9.72. The first kappa shape index (κ1) is 9.85. The van der Waals surface area contributed by atoms with E-state index in [9.17, 15) is 0 Å².